The molecule has 0 radical (unpaired) electrons. The van der Waals surface area contributed by atoms with Gasteiger partial charge in [-0.2, -0.15) is 11.8 Å². The molecule has 2 rings (SSSR count). The van der Waals surface area contributed by atoms with Gasteiger partial charge in [-0.25, -0.2) is 0 Å². The third-order valence-corrected chi connectivity index (χ3v) is 3.92. The fraction of sp³-hybridized carbons (Fsp3) is 0.429. The van der Waals surface area contributed by atoms with Gasteiger partial charge in [0.2, 0.25) is 0 Å². The Kier molecular flexibility index (Phi) is 4.51. The molecule has 17 heavy (non-hydrogen) atoms. The molecule has 0 amide bonds. The van der Waals surface area contributed by atoms with Crippen molar-refractivity contribution in [1.82, 2.24) is 0 Å². The highest BCUT2D eigenvalue weighted by atomic mass is 32.2. The van der Waals surface area contributed by atoms with Crippen LogP contribution < -0.4 is 5.73 Å². The van der Waals surface area contributed by atoms with Crippen LogP contribution in [-0.2, 0) is 0 Å². The van der Waals surface area contributed by atoms with Gasteiger partial charge in [0.25, 0.3) is 0 Å². The minimum absolute atomic E-state index is 0.00394. The lowest BCUT2D eigenvalue weighted by Crippen LogP contribution is -2.12. The van der Waals surface area contributed by atoms with Gasteiger partial charge in [-0.1, -0.05) is 31.5 Å². The standard InChI is InChI=1S/C14H19NOS/c1-2-3-8-17-10-12(15)14-9-11-6-4-5-7-13(11)16-14/h4-7,9,12H,2-3,8,10,15H2,1H3. The quantitative estimate of drug-likeness (QED) is 0.787. The summed E-state index contributed by atoms with van der Waals surface area (Å²) in [5, 5.41) is 1.14. The molecule has 0 saturated carbocycles. The van der Waals surface area contributed by atoms with Crippen LogP contribution in [0.15, 0.2) is 34.7 Å². The lowest BCUT2D eigenvalue weighted by Gasteiger charge is -2.07. The number of furan rings is 1. The van der Waals surface area contributed by atoms with Gasteiger partial charge in [-0.15, -0.1) is 0 Å². The van der Waals surface area contributed by atoms with Gasteiger partial charge < -0.3 is 10.2 Å². The molecule has 2 aromatic rings. The van der Waals surface area contributed by atoms with Crippen LogP contribution in [0.3, 0.4) is 0 Å². The highest BCUT2D eigenvalue weighted by Crippen LogP contribution is 2.24. The Labute approximate surface area is 107 Å². The first-order chi connectivity index (χ1) is 8.31. The second-order valence-corrected chi connectivity index (χ2v) is 5.37. The van der Waals surface area contributed by atoms with E-state index in [0.717, 1.165) is 22.5 Å². The van der Waals surface area contributed by atoms with Crippen molar-refractivity contribution < 1.29 is 4.42 Å². The normalized spacial score (nSPS) is 13.1. The van der Waals surface area contributed by atoms with E-state index in [1.165, 1.54) is 18.6 Å². The lowest BCUT2D eigenvalue weighted by atomic mass is 10.2. The molecule has 2 nitrogen and oxygen atoms in total. The molecule has 0 bridgehead atoms. The van der Waals surface area contributed by atoms with Crippen molar-refractivity contribution in [3.05, 3.63) is 36.1 Å². The number of hydrogen-bond acceptors (Lipinski definition) is 3. The van der Waals surface area contributed by atoms with Crippen molar-refractivity contribution in [2.75, 3.05) is 11.5 Å². The molecular weight excluding hydrogens is 230 g/mol. The molecule has 1 heterocycles. The average molecular weight is 249 g/mol. The van der Waals surface area contributed by atoms with Crippen LogP contribution in [-0.4, -0.2) is 11.5 Å². The van der Waals surface area contributed by atoms with Crippen LogP contribution in [0.25, 0.3) is 11.0 Å². The highest BCUT2D eigenvalue weighted by Gasteiger charge is 2.11. The van der Waals surface area contributed by atoms with Gasteiger partial charge in [0.05, 0.1) is 6.04 Å². The van der Waals surface area contributed by atoms with Crippen molar-refractivity contribution in [2.24, 2.45) is 5.73 Å². The topological polar surface area (TPSA) is 39.2 Å². The summed E-state index contributed by atoms with van der Waals surface area (Å²) in [6.07, 6.45) is 2.50. The van der Waals surface area contributed by atoms with E-state index >= 15 is 0 Å². The second-order valence-electron chi connectivity index (χ2n) is 4.22. The predicted octanol–water partition coefficient (Wildman–Crippen LogP) is 3.97. The molecule has 0 aliphatic carbocycles. The third-order valence-electron chi connectivity index (χ3n) is 2.75. The van der Waals surface area contributed by atoms with Gasteiger partial charge in [-0.3, -0.25) is 0 Å². The first-order valence-corrected chi connectivity index (χ1v) is 7.28. The molecule has 1 atom stereocenters. The zero-order valence-electron chi connectivity index (χ0n) is 10.2. The average Bonchev–Trinajstić information content (AvgIpc) is 2.78. The molecular formula is C14H19NOS. The molecule has 3 heteroatoms. The first-order valence-electron chi connectivity index (χ1n) is 6.13. The van der Waals surface area contributed by atoms with Crippen molar-refractivity contribution in [3.63, 3.8) is 0 Å². The summed E-state index contributed by atoms with van der Waals surface area (Å²) in [4.78, 5) is 0. The molecule has 1 unspecified atom stereocenters. The summed E-state index contributed by atoms with van der Waals surface area (Å²) in [5.74, 6) is 3.01. The minimum Gasteiger partial charge on any atom is -0.459 e. The molecule has 92 valence electrons. The maximum Gasteiger partial charge on any atom is 0.134 e. The molecule has 2 N–H and O–H groups in total. The molecule has 0 aliphatic heterocycles. The Balaban J connectivity index is 1.96. The third kappa shape index (κ3) is 3.27. The van der Waals surface area contributed by atoms with E-state index in [2.05, 4.69) is 19.1 Å². The maximum atomic E-state index is 6.13. The number of rotatable bonds is 6. The molecule has 1 aromatic carbocycles. The predicted molar refractivity (Wildman–Crippen MR) is 75.4 cm³/mol. The van der Waals surface area contributed by atoms with Crippen LogP contribution in [0, 0.1) is 0 Å². The number of nitrogens with two attached hydrogens (primary N) is 1. The maximum absolute atomic E-state index is 6.13. The molecule has 0 spiro atoms. The summed E-state index contributed by atoms with van der Waals surface area (Å²) < 4.78 is 5.75. The molecule has 1 aromatic heterocycles. The molecule has 0 fully saturated rings. The van der Waals surface area contributed by atoms with E-state index in [4.69, 9.17) is 10.2 Å². The summed E-state index contributed by atoms with van der Waals surface area (Å²) >= 11 is 1.91. The minimum atomic E-state index is 0.00394. The van der Waals surface area contributed by atoms with Crippen molar-refractivity contribution in [3.8, 4) is 0 Å². The van der Waals surface area contributed by atoms with Gasteiger partial charge in [0, 0.05) is 11.1 Å². The number of benzene rings is 1. The SMILES string of the molecule is CCCCSCC(N)c1cc2ccccc2o1. The summed E-state index contributed by atoms with van der Waals surface area (Å²) in [6, 6.07) is 10.1. The van der Waals surface area contributed by atoms with E-state index in [1.807, 2.05) is 30.0 Å². The number of hydrogen-bond donors (Lipinski definition) is 1. The fourth-order valence-electron chi connectivity index (χ4n) is 1.72. The van der Waals surface area contributed by atoms with Gasteiger partial charge in [0.1, 0.15) is 11.3 Å². The molecule has 0 aliphatic rings. The van der Waals surface area contributed by atoms with Crippen LogP contribution in [0.4, 0.5) is 0 Å². The van der Waals surface area contributed by atoms with Crippen LogP contribution in [0.1, 0.15) is 31.6 Å². The first kappa shape index (κ1) is 12.5. The smallest absolute Gasteiger partial charge is 0.134 e. The van der Waals surface area contributed by atoms with Crippen molar-refractivity contribution >= 4 is 22.7 Å². The van der Waals surface area contributed by atoms with E-state index in [1.54, 1.807) is 0 Å². The lowest BCUT2D eigenvalue weighted by molar-refractivity contribution is 0.516. The number of fused-ring (bicyclic) bond motifs is 1. The number of unbranched alkanes of at least 4 members (excludes halogenated alkanes) is 1. The summed E-state index contributed by atoms with van der Waals surface area (Å²) in [5.41, 5.74) is 7.05. The number of para-hydroxylation sites is 1. The Morgan fingerprint density at radius 2 is 2.18 bits per heavy atom. The monoisotopic (exact) mass is 249 g/mol. The largest absolute Gasteiger partial charge is 0.459 e. The molecule has 0 saturated heterocycles. The Morgan fingerprint density at radius 3 is 2.94 bits per heavy atom. The van der Waals surface area contributed by atoms with E-state index in [9.17, 15) is 0 Å². The Hall–Kier alpha value is -0.930. The van der Waals surface area contributed by atoms with E-state index < -0.39 is 0 Å². The van der Waals surface area contributed by atoms with Gasteiger partial charge in [0.15, 0.2) is 0 Å². The second kappa shape index (κ2) is 6.12. The van der Waals surface area contributed by atoms with E-state index in [-0.39, 0.29) is 6.04 Å². The Morgan fingerprint density at radius 1 is 1.35 bits per heavy atom. The van der Waals surface area contributed by atoms with Crippen molar-refractivity contribution in [2.45, 2.75) is 25.8 Å². The van der Waals surface area contributed by atoms with E-state index in [0.29, 0.717) is 0 Å². The number of thioether (sulfide) groups is 1. The summed E-state index contributed by atoms with van der Waals surface area (Å²) in [6.45, 7) is 2.21. The van der Waals surface area contributed by atoms with Crippen LogP contribution in [0.5, 0.6) is 0 Å². The van der Waals surface area contributed by atoms with Crippen LogP contribution in [0.2, 0.25) is 0 Å². The van der Waals surface area contributed by atoms with Crippen LogP contribution >= 0.6 is 11.8 Å². The fourth-order valence-corrected chi connectivity index (χ4v) is 2.80. The van der Waals surface area contributed by atoms with Crippen molar-refractivity contribution in [1.29, 1.82) is 0 Å². The zero-order valence-corrected chi connectivity index (χ0v) is 11.0. The summed E-state index contributed by atoms with van der Waals surface area (Å²) in [7, 11) is 0. The Bertz CT molecular complexity index is 433. The van der Waals surface area contributed by atoms with Gasteiger partial charge in [-0.05, 0) is 24.3 Å². The zero-order chi connectivity index (χ0) is 12.1. The van der Waals surface area contributed by atoms with Gasteiger partial charge >= 0.3 is 0 Å². The highest BCUT2D eigenvalue weighted by molar-refractivity contribution is 7.99.